The minimum Gasteiger partial charge on any atom is -0.465 e. The highest BCUT2D eigenvalue weighted by molar-refractivity contribution is 6.34. The van der Waals surface area contributed by atoms with Crippen LogP contribution in [0.4, 0.5) is 11.4 Å². The second kappa shape index (κ2) is 7.55. The molecule has 0 heterocycles. The molecule has 0 aromatic heterocycles. The molecule has 1 aromatic carbocycles. The Hall–Kier alpha value is -1.42. The number of nitrogens with one attached hydrogen (secondary N) is 1. The molecule has 1 aromatic rings. The molecule has 0 unspecified atom stereocenters. The highest BCUT2D eigenvalue weighted by Crippen LogP contribution is 2.31. The third-order valence-corrected chi connectivity index (χ3v) is 4.04. The highest BCUT2D eigenvalue weighted by atomic mass is 35.5. The summed E-state index contributed by atoms with van der Waals surface area (Å²) in [6.07, 6.45) is 0. The van der Waals surface area contributed by atoms with E-state index in [-0.39, 0.29) is 0 Å². The molecular weight excluding hydrogens is 288 g/mol. The number of hydrogen-bond donors (Lipinski definition) is 2. The van der Waals surface area contributed by atoms with Gasteiger partial charge in [0.2, 0.25) is 0 Å². The van der Waals surface area contributed by atoms with Gasteiger partial charge >= 0.3 is 5.97 Å². The summed E-state index contributed by atoms with van der Waals surface area (Å²) in [7, 11) is 1.34. The number of ether oxygens (including phenoxy) is 1. The van der Waals surface area contributed by atoms with Gasteiger partial charge in [-0.3, -0.25) is 0 Å². The standard InChI is InChI=1S/C16H25ClN2O2/c1-9(2)13(10(3)4)8-19-15-12(16(20)21-5)6-11(18)7-14(15)17/h6-7,9-10,13,19H,8,18H2,1-5H3. The number of nitrogens with two attached hydrogens (primary N) is 1. The fourth-order valence-electron chi connectivity index (χ4n) is 2.54. The largest absolute Gasteiger partial charge is 0.465 e. The SMILES string of the molecule is COC(=O)c1cc(N)cc(Cl)c1NCC(C(C)C)C(C)C. The normalized spacial score (nSPS) is 11.3. The van der Waals surface area contributed by atoms with E-state index in [0.717, 1.165) is 6.54 Å². The van der Waals surface area contributed by atoms with Gasteiger partial charge in [0, 0.05) is 12.2 Å². The first-order valence-electron chi connectivity index (χ1n) is 7.19. The summed E-state index contributed by atoms with van der Waals surface area (Å²) in [6.45, 7) is 9.51. The molecule has 0 atom stereocenters. The molecule has 0 radical (unpaired) electrons. The minimum absolute atomic E-state index is 0.369. The molecular formula is C16H25ClN2O2. The molecule has 3 N–H and O–H groups in total. The van der Waals surface area contributed by atoms with Crippen molar-refractivity contribution in [2.45, 2.75) is 27.7 Å². The van der Waals surface area contributed by atoms with E-state index < -0.39 is 5.97 Å². The summed E-state index contributed by atoms with van der Waals surface area (Å²) in [5.74, 6) is 1.10. The summed E-state index contributed by atoms with van der Waals surface area (Å²) in [6, 6.07) is 3.22. The van der Waals surface area contributed by atoms with Gasteiger partial charge in [0.1, 0.15) is 0 Å². The lowest BCUT2D eigenvalue weighted by molar-refractivity contribution is 0.0602. The van der Waals surface area contributed by atoms with E-state index >= 15 is 0 Å². The number of nitrogen functional groups attached to an aromatic ring is 1. The lowest BCUT2D eigenvalue weighted by Gasteiger charge is -2.26. The zero-order chi connectivity index (χ0) is 16.2. The molecule has 1 rings (SSSR count). The Morgan fingerprint density at radius 2 is 1.86 bits per heavy atom. The van der Waals surface area contributed by atoms with E-state index in [9.17, 15) is 4.79 Å². The Morgan fingerprint density at radius 3 is 2.33 bits per heavy atom. The highest BCUT2D eigenvalue weighted by Gasteiger charge is 2.20. The summed E-state index contributed by atoms with van der Waals surface area (Å²) < 4.78 is 4.80. The Bertz CT molecular complexity index is 493. The molecule has 118 valence electrons. The van der Waals surface area contributed by atoms with E-state index in [1.165, 1.54) is 7.11 Å². The molecule has 0 aliphatic carbocycles. The van der Waals surface area contributed by atoms with E-state index in [1.807, 2.05) is 0 Å². The molecule has 0 bridgehead atoms. The van der Waals surface area contributed by atoms with E-state index in [0.29, 0.717) is 39.7 Å². The third kappa shape index (κ3) is 4.53. The number of hydrogen-bond acceptors (Lipinski definition) is 4. The fourth-order valence-corrected chi connectivity index (χ4v) is 2.83. The number of esters is 1. The maximum Gasteiger partial charge on any atom is 0.340 e. The predicted octanol–water partition coefficient (Wildman–Crippen LogP) is 4.05. The Kier molecular flexibility index (Phi) is 6.34. The average Bonchev–Trinajstić information content (AvgIpc) is 2.38. The number of carbonyl (C=O) groups is 1. The van der Waals surface area contributed by atoms with Crippen molar-refractivity contribution in [3.63, 3.8) is 0 Å². The van der Waals surface area contributed by atoms with Crippen molar-refractivity contribution in [3.8, 4) is 0 Å². The van der Waals surface area contributed by atoms with Gasteiger partial charge in [-0.15, -0.1) is 0 Å². The van der Waals surface area contributed by atoms with Gasteiger partial charge < -0.3 is 15.8 Å². The van der Waals surface area contributed by atoms with Crippen LogP contribution in [0.15, 0.2) is 12.1 Å². The molecule has 21 heavy (non-hydrogen) atoms. The monoisotopic (exact) mass is 312 g/mol. The second-order valence-corrected chi connectivity index (χ2v) is 6.36. The van der Waals surface area contributed by atoms with Crippen LogP contribution in [-0.2, 0) is 4.74 Å². The van der Waals surface area contributed by atoms with E-state index in [4.69, 9.17) is 22.1 Å². The van der Waals surface area contributed by atoms with Crippen molar-refractivity contribution in [3.05, 3.63) is 22.7 Å². The Morgan fingerprint density at radius 1 is 1.29 bits per heavy atom. The van der Waals surface area contributed by atoms with Crippen molar-refractivity contribution in [1.82, 2.24) is 0 Å². The molecule has 0 fully saturated rings. The predicted molar refractivity (Wildman–Crippen MR) is 88.9 cm³/mol. The summed E-state index contributed by atoms with van der Waals surface area (Å²) >= 11 is 6.23. The van der Waals surface area contributed by atoms with Crippen LogP contribution in [0.5, 0.6) is 0 Å². The maximum absolute atomic E-state index is 11.9. The van der Waals surface area contributed by atoms with Crippen LogP contribution in [0.1, 0.15) is 38.1 Å². The summed E-state index contributed by atoms with van der Waals surface area (Å²) in [5, 5.41) is 3.73. The van der Waals surface area contributed by atoms with Gasteiger partial charge in [-0.05, 0) is 29.9 Å². The third-order valence-electron chi connectivity index (χ3n) is 3.75. The van der Waals surface area contributed by atoms with Crippen LogP contribution >= 0.6 is 11.6 Å². The lowest BCUT2D eigenvalue weighted by Crippen LogP contribution is -2.25. The zero-order valence-corrected chi connectivity index (χ0v) is 14.1. The number of carbonyl (C=O) groups excluding carboxylic acids is 1. The van der Waals surface area contributed by atoms with Crippen molar-refractivity contribution in [1.29, 1.82) is 0 Å². The van der Waals surface area contributed by atoms with Crippen LogP contribution in [0.3, 0.4) is 0 Å². The Balaban J connectivity index is 3.04. The average molecular weight is 313 g/mol. The summed E-state index contributed by atoms with van der Waals surface area (Å²) in [5.41, 5.74) is 7.15. The van der Waals surface area contributed by atoms with Crippen molar-refractivity contribution in [2.24, 2.45) is 17.8 Å². The topological polar surface area (TPSA) is 64.3 Å². The van der Waals surface area contributed by atoms with Crippen LogP contribution in [0, 0.1) is 17.8 Å². The first-order valence-corrected chi connectivity index (χ1v) is 7.56. The van der Waals surface area contributed by atoms with Crippen molar-refractivity contribution >= 4 is 28.9 Å². The van der Waals surface area contributed by atoms with E-state index in [1.54, 1.807) is 12.1 Å². The first-order chi connectivity index (χ1) is 9.77. The van der Waals surface area contributed by atoms with Gasteiger partial charge in [-0.25, -0.2) is 4.79 Å². The molecule has 0 saturated heterocycles. The Labute approximate surface area is 132 Å². The minimum atomic E-state index is -0.447. The number of benzene rings is 1. The van der Waals surface area contributed by atoms with Gasteiger partial charge in [-0.1, -0.05) is 39.3 Å². The van der Waals surface area contributed by atoms with E-state index in [2.05, 4.69) is 33.0 Å². The van der Waals surface area contributed by atoms with Crippen LogP contribution in [-0.4, -0.2) is 19.6 Å². The first kappa shape index (κ1) is 17.6. The maximum atomic E-state index is 11.9. The molecule has 4 nitrogen and oxygen atoms in total. The van der Waals surface area contributed by atoms with Gasteiger partial charge in [0.05, 0.1) is 23.4 Å². The molecule has 0 saturated carbocycles. The molecule has 5 heteroatoms. The van der Waals surface area contributed by atoms with Crippen molar-refractivity contribution in [2.75, 3.05) is 24.7 Å². The van der Waals surface area contributed by atoms with Gasteiger partial charge in [0.25, 0.3) is 0 Å². The summed E-state index contributed by atoms with van der Waals surface area (Å²) in [4.78, 5) is 11.9. The fraction of sp³-hybridized carbons (Fsp3) is 0.562. The van der Waals surface area contributed by atoms with Crippen molar-refractivity contribution < 1.29 is 9.53 Å². The van der Waals surface area contributed by atoms with Crippen LogP contribution in [0.25, 0.3) is 0 Å². The quantitative estimate of drug-likeness (QED) is 0.614. The zero-order valence-electron chi connectivity index (χ0n) is 13.4. The number of anilines is 2. The number of rotatable bonds is 6. The smallest absolute Gasteiger partial charge is 0.340 e. The van der Waals surface area contributed by atoms with Gasteiger partial charge in [0.15, 0.2) is 0 Å². The van der Waals surface area contributed by atoms with Gasteiger partial charge in [-0.2, -0.15) is 0 Å². The molecule has 0 aliphatic rings. The molecule has 0 aliphatic heterocycles. The second-order valence-electron chi connectivity index (χ2n) is 5.95. The van der Waals surface area contributed by atoms with Crippen LogP contribution < -0.4 is 11.1 Å². The number of halogens is 1. The molecule has 0 amide bonds. The number of methoxy groups -OCH3 is 1. The lowest BCUT2D eigenvalue weighted by atomic mass is 9.85. The van der Waals surface area contributed by atoms with Crippen LogP contribution in [0.2, 0.25) is 5.02 Å². The molecule has 0 spiro atoms.